The standard InChI is InChI=1S/C21H20F2N6O/c1-13-11-28(20-9-17(10-24)25-12-26-20)5-3-18(13)21(30)29-19(2-4-27-29)14-6-15(22)8-16(23)7-14/h4,6-9,12-13,18-19H,2-3,5,11H2,1H3/t13?,18-,19+/m0/s1. The fourth-order valence-electron chi connectivity index (χ4n) is 4.14. The van der Waals surface area contributed by atoms with Gasteiger partial charge >= 0.3 is 0 Å². The Balaban J connectivity index is 1.48. The van der Waals surface area contributed by atoms with E-state index in [9.17, 15) is 13.6 Å². The van der Waals surface area contributed by atoms with Gasteiger partial charge < -0.3 is 4.90 Å². The fraction of sp³-hybridized carbons (Fsp3) is 0.381. The van der Waals surface area contributed by atoms with Gasteiger partial charge in [0.1, 0.15) is 35.5 Å². The van der Waals surface area contributed by atoms with E-state index in [1.807, 2.05) is 17.9 Å². The second-order valence-corrected chi connectivity index (χ2v) is 7.63. The van der Waals surface area contributed by atoms with Crippen LogP contribution in [0.25, 0.3) is 0 Å². The lowest BCUT2D eigenvalue weighted by molar-refractivity contribution is -0.139. The largest absolute Gasteiger partial charge is 0.356 e. The number of carbonyl (C=O) groups is 1. The molecule has 0 N–H and O–H groups in total. The van der Waals surface area contributed by atoms with Gasteiger partial charge in [-0.1, -0.05) is 6.92 Å². The first-order valence-electron chi connectivity index (χ1n) is 9.75. The minimum Gasteiger partial charge on any atom is -0.356 e. The summed E-state index contributed by atoms with van der Waals surface area (Å²) in [5.74, 6) is -1.10. The highest BCUT2D eigenvalue weighted by Crippen LogP contribution is 2.34. The van der Waals surface area contributed by atoms with Crippen molar-refractivity contribution in [1.82, 2.24) is 15.0 Å². The summed E-state index contributed by atoms with van der Waals surface area (Å²) in [6.07, 6.45) is 3.97. The number of nitrogens with zero attached hydrogens (tertiary/aromatic N) is 6. The van der Waals surface area contributed by atoms with Crippen molar-refractivity contribution in [3.8, 4) is 6.07 Å². The zero-order valence-corrected chi connectivity index (χ0v) is 16.4. The maximum Gasteiger partial charge on any atom is 0.246 e. The highest BCUT2D eigenvalue weighted by Gasteiger charge is 2.38. The summed E-state index contributed by atoms with van der Waals surface area (Å²) >= 11 is 0. The molecule has 7 nitrogen and oxygen atoms in total. The van der Waals surface area contributed by atoms with Gasteiger partial charge in [0.25, 0.3) is 0 Å². The molecule has 1 unspecified atom stereocenters. The smallest absolute Gasteiger partial charge is 0.246 e. The van der Waals surface area contributed by atoms with E-state index < -0.39 is 17.7 Å². The van der Waals surface area contributed by atoms with E-state index in [1.54, 1.807) is 12.3 Å². The summed E-state index contributed by atoms with van der Waals surface area (Å²) < 4.78 is 27.3. The molecule has 4 rings (SSSR count). The van der Waals surface area contributed by atoms with Gasteiger partial charge in [-0.15, -0.1) is 0 Å². The van der Waals surface area contributed by atoms with Crippen LogP contribution in [0.2, 0.25) is 0 Å². The number of amides is 1. The minimum atomic E-state index is -0.674. The normalized spacial score (nSPS) is 23.5. The number of hydrogen-bond acceptors (Lipinski definition) is 6. The van der Waals surface area contributed by atoms with Gasteiger partial charge in [0.15, 0.2) is 0 Å². The van der Waals surface area contributed by atoms with E-state index in [0.29, 0.717) is 43.0 Å². The van der Waals surface area contributed by atoms with Crippen LogP contribution in [-0.4, -0.2) is 40.2 Å². The van der Waals surface area contributed by atoms with Crippen LogP contribution in [0.4, 0.5) is 14.6 Å². The number of piperidine rings is 1. The Kier molecular flexibility index (Phi) is 5.40. The molecular formula is C21H20F2N6O. The summed E-state index contributed by atoms with van der Waals surface area (Å²) in [6.45, 7) is 3.17. The third-order valence-electron chi connectivity index (χ3n) is 5.64. The molecule has 2 aliphatic rings. The van der Waals surface area contributed by atoms with Crippen molar-refractivity contribution >= 4 is 17.9 Å². The summed E-state index contributed by atoms with van der Waals surface area (Å²) in [5, 5.41) is 14.6. The second kappa shape index (κ2) is 8.14. The minimum absolute atomic E-state index is 0.00689. The first-order chi connectivity index (χ1) is 14.5. The van der Waals surface area contributed by atoms with Gasteiger partial charge in [-0.05, 0) is 30.0 Å². The molecule has 9 heteroatoms. The van der Waals surface area contributed by atoms with Crippen molar-refractivity contribution in [2.45, 2.75) is 25.8 Å². The number of aromatic nitrogens is 2. The van der Waals surface area contributed by atoms with Crippen molar-refractivity contribution < 1.29 is 13.6 Å². The Bertz CT molecular complexity index is 1020. The molecule has 1 fully saturated rings. The van der Waals surface area contributed by atoms with Gasteiger partial charge in [-0.3, -0.25) is 4.79 Å². The van der Waals surface area contributed by atoms with E-state index in [2.05, 4.69) is 15.1 Å². The molecule has 30 heavy (non-hydrogen) atoms. The summed E-state index contributed by atoms with van der Waals surface area (Å²) in [6, 6.07) is 6.44. The number of carbonyl (C=O) groups excluding carboxylic acids is 1. The van der Waals surface area contributed by atoms with Crippen molar-refractivity contribution in [3.05, 3.63) is 53.5 Å². The number of hydrogen-bond donors (Lipinski definition) is 0. The summed E-state index contributed by atoms with van der Waals surface area (Å²) in [7, 11) is 0. The predicted molar refractivity (Wildman–Crippen MR) is 105 cm³/mol. The van der Waals surface area contributed by atoms with E-state index in [0.717, 1.165) is 6.07 Å². The van der Waals surface area contributed by atoms with Crippen molar-refractivity contribution in [1.29, 1.82) is 5.26 Å². The number of hydrazone groups is 1. The first kappa shape index (κ1) is 19.9. The average Bonchev–Trinajstić information content (AvgIpc) is 3.22. The first-order valence-corrected chi connectivity index (χ1v) is 9.75. The molecule has 2 aliphatic heterocycles. The molecular weight excluding hydrogens is 390 g/mol. The number of rotatable bonds is 3. The Morgan fingerprint density at radius 1 is 1.20 bits per heavy atom. The second-order valence-electron chi connectivity index (χ2n) is 7.63. The van der Waals surface area contributed by atoms with Gasteiger partial charge in [0.05, 0.1) is 6.04 Å². The van der Waals surface area contributed by atoms with E-state index in [-0.39, 0.29) is 17.7 Å². The van der Waals surface area contributed by atoms with Crippen molar-refractivity contribution in [2.24, 2.45) is 16.9 Å². The predicted octanol–water partition coefficient (Wildman–Crippen LogP) is 3.05. The molecule has 0 saturated carbocycles. The van der Waals surface area contributed by atoms with Crippen LogP contribution in [0.3, 0.4) is 0 Å². The fourth-order valence-corrected chi connectivity index (χ4v) is 4.14. The Morgan fingerprint density at radius 3 is 2.67 bits per heavy atom. The van der Waals surface area contributed by atoms with Crippen molar-refractivity contribution in [3.63, 3.8) is 0 Å². The molecule has 0 radical (unpaired) electrons. The Hall–Kier alpha value is -3.41. The van der Waals surface area contributed by atoms with Gasteiger partial charge in [0.2, 0.25) is 5.91 Å². The quantitative estimate of drug-likeness (QED) is 0.776. The lowest BCUT2D eigenvalue weighted by atomic mass is 9.85. The molecule has 3 heterocycles. The Morgan fingerprint density at radius 2 is 1.97 bits per heavy atom. The molecule has 1 aromatic heterocycles. The zero-order valence-electron chi connectivity index (χ0n) is 16.4. The molecule has 1 saturated heterocycles. The zero-order chi connectivity index (χ0) is 21.3. The SMILES string of the molecule is CC1CN(c2cc(C#N)ncn2)CC[C@@H]1C(=O)N1N=CC[C@@H]1c1cc(F)cc(F)c1. The van der Waals surface area contributed by atoms with Gasteiger partial charge in [0, 0.05) is 43.8 Å². The monoisotopic (exact) mass is 410 g/mol. The van der Waals surface area contributed by atoms with Crippen LogP contribution in [0, 0.1) is 34.8 Å². The molecule has 1 aromatic carbocycles. The molecule has 2 aromatic rings. The molecule has 154 valence electrons. The highest BCUT2D eigenvalue weighted by atomic mass is 19.1. The maximum atomic E-state index is 13.7. The number of nitriles is 1. The third kappa shape index (κ3) is 3.85. The lowest BCUT2D eigenvalue weighted by Crippen LogP contribution is -2.46. The van der Waals surface area contributed by atoms with Crippen LogP contribution < -0.4 is 4.90 Å². The highest BCUT2D eigenvalue weighted by molar-refractivity contribution is 5.82. The molecule has 1 amide bonds. The maximum absolute atomic E-state index is 13.7. The van der Waals surface area contributed by atoms with E-state index in [4.69, 9.17) is 5.26 Å². The topological polar surface area (TPSA) is 85.5 Å². The number of anilines is 1. The van der Waals surface area contributed by atoms with E-state index >= 15 is 0 Å². The van der Waals surface area contributed by atoms with Crippen LogP contribution in [0.5, 0.6) is 0 Å². The van der Waals surface area contributed by atoms with Crippen LogP contribution in [0.15, 0.2) is 35.7 Å². The molecule has 0 bridgehead atoms. The molecule has 0 spiro atoms. The average molecular weight is 410 g/mol. The summed E-state index contributed by atoms with van der Waals surface area (Å²) in [5.41, 5.74) is 0.691. The Labute approximate surface area is 172 Å². The summed E-state index contributed by atoms with van der Waals surface area (Å²) in [4.78, 5) is 23.4. The number of halogens is 2. The van der Waals surface area contributed by atoms with Crippen LogP contribution >= 0.6 is 0 Å². The van der Waals surface area contributed by atoms with E-state index in [1.165, 1.54) is 23.5 Å². The molecule has 0 aliphatic carbocycles. The lowest BCUT2D eigenvalue weighted by Gasteiger charge is -2.38. The van der Waals surface area contributed by atoms with Gasteiger partial charge in [-0.25, -0.2) is 23.8 Å². The van der Waals surface area contributed by atoms with Gasteiger partial charge in [-0.2, -0.15) is 10.4 Å². The number of benzene rings is 1. The van der Waals surface area contributed by atoms with Crippen LogP contribution in [0.1, 0.15) is 37.1 Å². The molecule has 3 atom stereocenters. The van der Waals surface area contributed by atoms with Crippen molar-refractivity contribution in [2.75, 3.05) is 18.0 Å². The third-order valence-corrected chi connectivity index (χ3v) is 5.64. The van der Waals surface area contributed by atoms with Crippen LogP contribution in [-0.2, 0) is 4.79 Å².